The molecule has 1 atom stereocenters. The molecule has 0 bridgehead atoms. The van der Waals surface area contributed by atoms with Crippen LogP contribution in [0.15, 0.2) is 48.8 Å². The molecule has 0 spiro atoms. The molecule has 1 unspecified atom stereocenters. The third kappa shape index (κ3) is 3.83. The molecule has 22 heavy (non-hydrogen) atoms. The molecule has 1 saturated heterocycles. The molecule has 3 rings (SSSR count). The lowest BCUT2D eigenvalue weighted by atomic mass is 10.2. The Hall–Kier alpha value is -2.40. The van der Waals surface area contributed by atoms with Gasteiger partial charge in [0.25, 0.3) is 5.91 Å². The molecule has 2 aromatic rings. The van der Waals surface area contributed by atoms with E-state index in [1.54, 1.807) is 24.5 Å². The lowest BCUT2D eigenvalue weighted by Gasteiger charge is -2.12. The normalized spacial score (nSPS) is 17.2. The predicted octanol–water partition coefficient (Wildman–Crippen LogP) is 2.89. The maximum atomic E-state index is 12.1. The van der Waals surface area contributed by atoms with Gasteiger partial charge in [-0.3, -0.25) is 9.78 Å². The number of ether oxygens (including phenoxy) is 2. The maximum Gasteiger partial charge on any atom is 0.255 e. The van der Waals surface area contributed by atoms with Crippen LogP contribution in [0.4, 0.5) is 5.69 Å². The summed E-state index contributed by atoms with van der Waals surface area (Å²) in [5.74, 6) is 0.557. The quantitative estimate of drug-likeness (QED) is 0.922. The maximum absolute atomic E-state index is 12.1. The minimum absolute atomic E-state index is 0.168. The molecule has 5 nitrogen and oxygen atoms in total. The SMILES string of the molecule is O=C(Nc1cccc(OCC2CCCO2)c1)c1ccncc1. The van der Waals surface area contributed by atoms with E-state index >= 15 is 0 Å². The predicted molar refractivity (Wildman–Crippen MR) is 83.1 cm³/mol. The van der Waals surface area contributed by atoms with Crippen LogP contribution in [-0.4, -0.2) is 30.2 Å². The Morgan fingerprint density at radius 2 is 2.18 bits per heavy atom. The lowest BCUT2D eigenvalue weighted by molar-refractivity contribution is 0.0680. The van der Waals surface area contributed by atoms with Gasteiger partial charge >= 0.3 is 0 Å². The van der Waals surface area contributed by atoms with Crippen LogP contribution in [0.2, 0.25) is 0 Å². The first-order chi connectivity index (χ1) is 10.8. The zero-order valence-electron chi connectivity index (χ0n) is 12.2. The number of nitrogens with zero attached hydrogens (tertiary/aromatic N) is 1. The monoisotopic (exact) mass is 298 g/mol. The van der Waals surface area contributed by atoms with Gasteiger partial charge in [0.1, 0.15) is 12.4 Å². The molecular weight excluding hydrogens is 280 g/mol. The molecule has 1 N–H and O–H groups in total. The van der Waals surface area contributed by atoms with Crippen LogP contribution in [0.25, 0.3) is 0 Å². The first-order valence-corrected chi connectivity index (χ1v) is 7.37. The van der Waals surface area contributed by atoms with Crippen molar-refractivity contribution in [1.82, 2.24) is 4.98 Å². The Bertz CT molecular complexity index is 625. The van der Waals surface area contributed by atoms with E-state index in [0.717, 1.165) is 25.2 Å². The topological polar surface area (TPSA) is 60.5 Å². The van der Waals surface area contributed by atoms with Gasteiger partial charge in [-0.2, -0.15) is 0 Å². The van der Waals surface area contributed by atoms with Crippen molar-refractivity contribution in [3.05, 3.63) is 54.4 Å². The summed E-state index contributed by atoms with van der Waals surface area (Å²) in [5, 5.41) is 2.85. The molecule has 0 saturated carbocycles. The largest absolute Gasteiger partial charge is 0.491 e. The van der Waals surface area contributed by atoms with Gasteiger partial charge in [0.05, 0.1) is 6.10 Å². The van der Waals surface area contributed by atoms with Crippen LogP contribution < -0.4 is 10.1 Å². The number of benzene rings is 1. The summed E-state index contributed by atoms with van der Waals surface area (Å²) in [4.78, 5) is 16.0. The highest BCUT2D eigenvalue weighted by Gasteiger charge is 2.16. The molecule has 2 heterocycles. The highest BCUT2D eigenvalue weighted by atomic mass is 16.5. The number of carbonyl (C=O) groups excluding carboxylic acids is 1. The highest BCUT2D eigenvalue weighted by Crippen LogP contribution is 2.20. The smallest absolute Gasteiger partial charge is 0.255 e. The number of rotatable bonds is 5. The van der Waals surface area contributed by atoms with Crippen molar-refractivity contribution in [2.45, 2.75) is 18.9 Å². The molecule has 1 aliphatic rings. The van der Waals surface area contributed by atoms with Gasteiger partial charge in [0.2, 0.25) is 0 Å². The van der Waals surface area contributed by atoms with E-state index in [0.29, 0.717) is 17.9 Å². The molecule has 1 aromatic carbocycles. The summed E-state index contributed by atoms with van der Waals surface area (Å²) in [6.07, 6.45) is 5.50. The van der Waals surface area contributed by atoms with Crippen LogP contribution in [0.1, 0.15) is 23.2 Å². The van der Waals surface area contributed by atoms with E-state index in [4.69, 9.17) is 9.47 Å². The number of hydrogen-bond acceptors (Lipinski definition) is 4. The second-order valence-electron chi connectivity index (χ2n) is 5.16. The van der Waals surface area contributed by atoms with Gasteiger partial charge in [-0.25, -0.2) is 0 Å². The van der Waals surface area contributed by atoms with Crippen molar-refractivity contribution >= 4 is 11.6 Å². The molecule has 1 fully saturated rings. The summed E-state index contributed by atoms with van der Waals surface area (Å²) < 4.78 is 11.3. The van der Waals surface area contributed by atoms with Gasteiger partial charge in [-0.15, -0.1) is 0 Å². The zero-order valence-corrected chi connectivity index (χ0v) is 12.2. The third-order valence-corrected chi connectivity index (χ3v) is 3.49. The van der Waals surface area contributed by atoms with Crippen molar-refractivity contribution in [3.8, 4) is 5.75 Å². The molecule has 0 radical (unpaired) electrons. The fraction of sp³-hybridized carbons (Fsp3) is 0.294. The highest BCUT2D eigenvalue weighted by molar-refractivity contribution is 6.04. The number of amides is 1. The number of aromatic nitrogens is 1. The summed E-state index contributed by atoms with van der Waals surface area (Å²) in [5.41, 5.74) is 1.27. The Labute approximate surface area is 129 Å². The number of anilines is 1. The Morgan fingerprint density at radius 1 is 1.32 bits per heavy atom. The summed E-state index contributed by atoms with van der Waals surface area (Å²) in [6, 6.07) is 10.7. The standard InChI is InChI=1S/C17H18N2O3/c20-17(13-6-8-18-9-7-13)19-14-3-1-4-15(11-14)22-12-16-5-2-10-21-16/h1,3-4,6-9,11,16H,2,5,10,12H2,(H,19,20). The lowest BCUT2D eigenvalue weighted by Crippen LogP contribution is -2.16. The second-order valence-corrected chi connectivity index (χ2v) is 5.16. The van der Waals surface area contributed by atoms with Gasteiger partial charge in [-0.1, -0.05) is 6.07 Å². The van der Waals surface area contributed by atoms with Gasteiger partial charge in [-0.05, 0) is 37.1 Å². The first-order valence-electron chi connectivity index (χ1n) is 7.37. The number of carbonyl (C=O) groups is 1. The van der Waals surface area contributed by atoms with E-state index < -0.39 is 0 Å². The molecule has 0 aliphatic carbocycles. The second kappa shape index (κ2) is 7.04. The average molecular weight is 298 g/mol. The fourth-order valence-corrected chi connectivity index (χ4v) is 2.34. The first kappa shape index (κ1) is 14.5. The van der Waals surface area contributed by atoms with Crippen LogP contribution >= 0.6 is 0 Å². The van der Waals surface area contributed by atoms with Crippen molar-refractivity contribution in [2.24, 2.45) is 0 Å². The zero-order chi connectivity index (χ0) is 15.2. The molecular formula is C17H18N2O3. The van der Waals surface area contributed by atoms with E-state index in [1.807, 2.05) is 24.3 Å². The minimum atomic E-state index is -0.168. The van der Waals surface area contributed by atoms with E-state index in [9.17, 15) is 4.79 Å². The summed E-state index contributed by atoms with van der Waals surface area (Å²) in [7, 11) is 0. The van der Waals surface area contributed by atoms with Gasteiger partial charge in [0.15, 0.2) is 0 Å². The van der Waals surface area contributed by atoms with E-state index in [1.165, 1.54) is 0 Å². The van der Waals surface area contributed by atoms with Crippen LogP contribution in [0, 0.1) is 0 Å². The van der Waals surface area contributed by atoms with Gasteiger partial charge < -0.3 is 14.8 Å². The molecule has 114 valence electrons. The molecule has 1 amide bonds. The van der Waals surface area contributed by atoms with Crippen molar-refractivity contribution < 1.29 is 14.3 Å². The number of nitrogens with one attached hydrogen (secondary N) is 1. The van der Waals surface area contributed by atoms with Crippen LogP contribution in [0.5, 0.6) is 5.75 Å². The summed E-state index contributed by atoms with van der Waals surface area (Å²) >= 11 is 0. The Kier molecular flexibility index (Phi) is 4.65. The molecule has 1 aromatic heterocycles. The third-order valence-electron chi connectivity index (χ3n) is 3.49. The van der Waals surface area contributed by atoms with Crippen molar-refractivity contribution in [2.75, 3.05) is 18.5 Å². The van der Waals surface area contributed by atoms with Crippen LogP contribution in [-0.2, 0) is 4.74 Å². The van der Waals surface area contributed by atoms with Crippen LogP contribution in [0.3, 0.4) is 0 Å². The Balaban J connectivity index is 1.59. The van der Waals surface area contributed by atoms with E-state index in [2.05, 4.69) is 10.3 Å². The van der Waals surface area contributed by atoms with Crippen molar-refractivity contribution in [1.29, 1.82) is 0 Å². The minimum Gasteiger partial charge on any atom is -0.491 e. The van der Waals surface area contributed by atoms with Gasteiger partial charge in [0, 0.05) is 36.3 Å². The molecule has 5 heteroatoms. The Morgan fingerprint density at radius 3 is 2.95 bits per heavy atom. The molecule has 1 aliphatic heterocycles. The number of pyridine rings is 1. The summed E-state index contributed by atoms with van der Waals surface area (Å²) in [6.45, 7) is 1.36. The number of hydrogen-bond donors (Lipinski definition) is 1. The fourth-order valence-electron chi connectivity index (χ4n) is 2.34. The van der Waals surface area contributed by atoms with Crippen molar-refractivity contribution in [3.63, 3.8) is 0 Å². The average Bonchev–Trinajstić information content (AvgIpc) is 3.08. The van der Waals surface area contributed by atoms with E-state index in [-0.39, 0.29) is 12.0 Å².